The molecule has 0 atom stereocenters. The van der Waals surface area contributed by atoms with Crippen LogP contribution in [-0.2, 0) is 4.79 Å². The molecular weight excluding hydrogens is 278 g/mol. The van der Waals surface area contributed by atoms with Crippen LogP contribution in [0.15, 0.2) is 24.7 Å². The average Bonchev–Trinajstić information content (AvgIpc) is 2.91. The van der Waals surface area contributed by atoms with Gasteiger partial charge in [0.1, 0.15) is 11.1 Å². The molecule has 0 aliphatic rings. The Morgan fingerprint density at radius 3 is 2.62 bits per heavy atom. The van der Waals surface area contributed by atoms with Crippen molar-refractivity contribution < 1.29 is 19.8 Å². The highest BCUT2D eigenvalue weighted by molar-refractivity contribution is 5.99. The Morgan fingerprint density at radius 1 is 1.38 bits per heavy atom. The first-order chi connectivity index (χ1) is 9.81. The van der Waals surface area contributed by atoms with Crippen LogP contribution in [0.2, 0.25) is 0 Å². The molecule has 9 nitrogen and oxygen atoms in total. The Kier molecular flexibility index (Phi) is 3.57. The summed E-state index contributed by atoms with van der Waals surface area (Å²) in [6.45, 7) is 2.65. The molecular formula is C12H13N5O4. The van der Waals surface area contributed by atoms with Gasteiger partial charge in [0.25, 0.3) is 11.9 Å². The van der Waals surface area contributed by atoms with E-state index < -0.39 is 23.3 Å². The topological polar surface area (TPSA) is 130 Å². The monoisotopic (exact) mass is 291 g/mol. The second-order valence-corrected chi connectivity index (χ2v) is 4.74. The van der Waals surface area contributed by atoms with Gasteiger partial charge in [-0.2, -0.15) is 10.1 Å². The van der Waals surface area contributed by atoms with E-state index in [1.807, 2.05) is 0 Å². The van der Waals surface area contributed by atoms with E-state index >= 15 is 0 Å². The summed E-state index contributed by atoms with van der Waals surface area (Å²) in [7, 11) is 0. The molecule has 0 radical (unpaired) electrons. The van der Waals surface area contributed by atoms with Gasteiger partial charge in [0, 0.05) is 18.6 Å². The van der Waals surface area contributed by atoms with Crippen LogP contribution < -0.4 is 5.32 Å². The molecule has 2 heterocycles. The maximum absolute atomic E-state index is 11.9. The Bertz CT molecular complexity index is 681. The lowest BCUT2D eigenvalue weighted by atomic mass is 10.1. The molecule has 110 valence electrons. The molecule has 0 unspecified atom stereocenters. The van der Waals surface area contributed by atoms with Gasteiger partial charge in [0.05, 0.1) is 0 Å². The predicted molar refractivity (Wildman–Crippen MR) is 70.0 cm³/mol. The normalized spacial score (nSPS) is 11.1. The van der Waals surface area contributed by atoms with Gasteiger partial charge >= 0.3 is 5.97 Å². The minimum Gasteiger partial charge on any atom is -0.493 e. The number of carbonyl (C=O) groups excluding carboxylic acids is 1. The summed E-state index contributed by atoms with van der Waals surface area (Å²) in [5.41, 5.74) is -1.70. The van der Waals surface area contributed by atoms with Crippen LogP contribution in [0.3, 0.4) is 0 Å². The van der Waals surface area contributed by atoms with Gasteiger partial charge in [0.2, 0.25) is 5.88 Å². The zero-order valence-electron chi connectivity index (χ0n) is 11.3. The van der Waals surface area contributed by atoms with Crippen molar-refractivity contribution in [3.05, 3.63) is 30.2 Å². The zero-order chi connectivity index (χ0) is 15.6. The fourth-order valence-corrected chi connectivity index (χ4v) is 1.43. The molecule has 9 heteroatoms. The first-order valence-corrected chi connectivity index (χ1v) is 5.93. The van der Waals surface area contributed by atoms with Crippen molar-refractivity contribution in [2.45, 2.75) is 19.4 Å². The van der Waals surface area contributed by atoms with E-state index in [1.165, 1.54) is 24.7 Å². The summed E-state index contributed by atoms with van der Waals surface area (Å²) in [4.78, 5) is 30.6. The SMILES string of the molecule is CC(C)(NC(=O)c1cnc(-n2cccn2)nc1O)C(=O)O. The largest absolute Gasteiger partial charge is 0.493 e. The number of carboxylic acids is 1. The average molecular weight is 291 g/mol. The quantitative estimate of drug-likeness (QED) is 0.720. The van der Waals surface area contributed by atoms with Crippen LogP contribution in [0, 0.1) is 0 Å². The van der Waals surface area contributed by atoms with Gasteiger partial charge in [-0.3, -0.25) is 4.79 Å². The van der Waals surface area contributed by atoms with E-state index in [4.69, 9.17) is 5.11 Å². The first kappa shape index (κ1) is 14.4. The fourth-order valence-electron chi connectivity index (χ4n) is 1.43. The van der Waals surface area contributed by atoms with E-state index in [-0.39, 0.29) is 11.5 Å². The van der Waals surface area contributed by atoms with Crippen molar-refractivity contribution in [1.29, 1.82) is 0 Å². The third-order valence-electron chi connectivity index (χ3n) is 2.67. The molecule has 0 spiro atoms. The van der Waals surface area contributed by atoms with Crippen LogP contribution in [0.5, 0.6) is 5.88 Å². The summed E-state index contributed by atoms with van der Waals surface area (Å²) in [6, 6.07) is 1.65. The van der Waals surface area contributed by atoms with Crippen LogP contribution in [0.1, 0.15) is 24.2 Å². The van der Waals surface area contributed by atoms with Crippen LogP contribution in [0.25, 0.3) is 5.95 Å². The number of nitrogens with one attached hydrogen (secondary N) is 1. The molecule has 0 saturated heterocycles. The summed E-state index contributed by atoms with van der Waals surface area (Å²) in [5.74, 6) is -2.46. The zero-order valence-corrected chi connectivity index (χ0v) is 11.3. The Balaban J connectivity index is 2.25. The standard InChI is InChI=1S/C12H13N5O4/c1-12(2,10(20)21)16-9(19)7-6-13-11(15-8(7)18)17-5-3-4-14-17/h3-6H,1-2H3,(H,16,19)(H,20,21)(H,13,15,18). The Labute approximate surface area is 119 Å². The molecule has 2 aromatic heterocycles. The summed E-state index contributed by atoms with van der Waals surface area (Å²) < 4.78 is 1.31. The first-order valence-electron chi connectivity index (χ1n) is 5.93. The highest BCUT2D eigenvalue weighted by atomic mass is 16.4. The second-order valence-electron chi connectivity index (χ2n) is 4.74. The van der Waals surface area contributed by atoms with Crippen molar-refractivity contribution in [3.63, 3.8) is 0 Å². The predicted octanol–water partition coefficient (Wildman–Crippen LogP) is -0.0391. The number of rotatable bonds is 4. The Hall–Kier alpha value is -2.97. The minimum absolute atomic E-state index is 0.0894. The maximum Gasteiger partial charge on any atom is 0.328 e. The molecule has 21 heavy (non-hydrogen) atoms. The van der Waals surface area contributed by atoms with Gasteiger partial charge in [0.15, 0.2) is 0 Å². The molecule has 0 aliphatic carbocycles. The maximum atomic E-state index is 11.9. The van der Waals surface area contributed by atoms with Crippen molar-refractivity contribution >= 4 is 11.9 Å². The second kappa shape index (κ2) is 5.19. The molecule has 3 N–H and O–H groups in total. The van der Waals surface area contributed by atoms with Gasteiger partial charge in [-0.25, -0.2) is 14.5 Å². The molecule has 1 amide bonds. The van der Waals surface area contributed by atoms with E-state index in [2.05, 4.69) is 20.4 Å². The number of nitrogens with zero attached hydrogens (tertiary/aromatic N) is 4. The molecule has 2 aromatic rings. The van der Waals surface area contributed by atoms with Gasteiger partial charge in [-0.1, -0.05) is 0 Å². The van der Waals surface area contributed by atoms with Crippen molar-refractivity contribution in [3.8, 4) is 11.8 Å². The van der Waals surface area contributed by atoms with Crippen LogP contribution >= 0.6 is 0 Å². The number of aromatic hydroxyl groups is 1. The third-order valence-corrected chi connectivity index (χ3v) is 2.67. The number of carbonyl (C=O) groups is 2. The molecule has 0 bridgehead atoms. The lowest BCUT2D eigenvalue weighted by Gasteiger charge is -2.20. The highest BCUT2D eigenvalue weighted by Crippen LogP contribution is 2.15. The van der Waals surface area contributed by atoms with Crippen LogP contribution in [0.4, 0.5) is 0 Å². The van der Waals surface area contributed by atoms with Gasteiger partial charge in [-0.05, 0) is 19.9 Å². The molecule has 0 aliphatic heterocycles. The number of hydrogen-bond donors (Lipinski definition) is 3. The van der Waals surface area contributed by atoms with Crippen molar-refractivity contribution in [2.75, 3.05) is 0 Å². The number of aliphatic carboxylic acids is 1. The number of carboxylic acid groups (broad SMARTS) is 1. The highest BCUT2D eigenvalue weighted by Gasteiger charge is 2.30. The van der Waals surface area contributed by atoms with E-state index in [9.17, 15) is 14.7 Å². The molecule has 0 fully saturated rings. The summed E-state index contributed by atoms with van der Waals surface area (Å²) in [6.07, 6.45) is 4.19. The third kappa shape index (κ3) is 2.96. The van der Waals surface area contributed by atoms with Crippen molar-refractivity contribution in [2.24, 2.45) is 0 Å². The molecule has 0 aromatic carbocycles. The van der Waals surface area contributed by atoms with Crippen LogP contribution in [-0.4, -0.2) is 47.4 Å². The minimum atomic E-state index is -1.48. The van der Waals surface area contributed by atoms with Gasteiger partial charge in [-0.15, -0.1) is 0 Å². The lowest BCUT2D eigenvalue weighted by Crippen LogP contribution is -2.49. The smallest absolute Gasteiger partial charge is 0.328 e. The van der Waals surface area contributed by atoms with E-state index in [0.717, 1.165) is 6.20 Å². The van der Waals surface area contributed by atoms with Crippen molar-refractivity contribution in [1.82, 2.24) is 25.1 Å². The number of hydrogen-bond acceptors (Lipinski definition) is 6. The summed E-state index contributed by atoms with van der Waals surface area (Å²) >= 11 is 0. The molecule has 0 saturated carbocycles. The fraction of sp³-hybridized carbons (Fsp3) is 0.250. The molecule has 2 rings (SSSR count). The van der Waals surface area contributed by atoms with E-state index in [0.29, 0.717) is 0 Å². The van der Waals surface area contributed by atoms with Gasteiger partial charge < -0.3 is 15.5 Å². The number of aromatic nitrogens is 4. The lowest BCUT2D eigenvalue weighted by molar-refractivity contribution is -0.143. The number of amides is 1. The van der Waals surface area contributed by atoms with E-state index in [1.54, 1.807) is 12.3 Å². The summed E-state index contributed by atoms with van der Waals surface area (Å²) in [5, 5.41) is 24.9. The Morgan fingerprint density at radius 2 is 2.10 bits per heavy atom.